The van der Waals surface area contributed by atoms with Gasteiger partial charge in [-0.15, -0.1) is 0 Å². The van der Waals surface area contributed by atoms with Crippen molar-refractivity contribution in [3.8, 4) is 0 Å². The Hall–Kier alpha value is -1.32. The third kappa shape index (κ3) is 1.84. The van der Waals surface area contributed by atoms with Gasteiger partial charge in [-0.05, 0) is 25.7 Å². The van der Waals surface area contributed by atoms with Crippen molar-refractivity contribution in [2.24, 2.45) is 5.92 Å². The Morgan fingerprint density at radius 2 is 2.06 bits per heavy atom. The van der Waals surface area contributed by atoms with E-state index in [4.69, 9.17) is 0 Å². The van der Waals surface area contributed by atoms with Crippen LogP contribution in [0.4, 0.5) is 0 Å². The van der Waals surface area contributed by atoms with Crippen LogP contribution in [0.25, 0.3) is 0 Å². The Bertz CT molecular complexity index is 362. The van der Waals surface area contributed by atoms with Crippen molar-refractivity contribution in [1.82, 2.24) is 14.9 Å². The molecule has 4 heteroatoms. The van der Waals surface area contributed by atoms with Crippen LogP contribution in [0.15, 0.2) is 12.5 Å². The van der Waals surface area contributed by atoms with Crippen molar-refractivity contribution >= 4 is 5.91 Å². The number of H-pyrrole nitrogens is 1. The van der Waals surface area contributed by atoms with E-state index in [1.807, 2.05) is 11.1 Å². The van der Waals surface area contributed by atoms with Crippen LogP contribution in [0.2, 0.25) is 0 Å². The van der Waals surface area contributed by atoms with Crippen molar-refractivity contribution in [3.05, 3.63) is 18.2 Å². The zero-order chi connectivity index (χ0) is 11.0. The zero-order valence-corrected chi connectivity index (χ0v) is 9.35. The van der Waals surface area contributed by atoms with Crippen molar-refractivity contribution in [1.29, 1.82) is 0 Å². The SMILES string of the molecule is O=C(C1CC1)N1CCC(c2c[nH]cn2)CC1. The number of hydrogen-bond acceptors (Lipinski definition) is 2. The maximum absolute atomic E-state index is 11.9. The quantitative estimate of drug-likeness (QED) is 0.820. The maximum Gasteiger partial charge on any atom is 0.225 e. The molecule has 1 N–H and O–H groups in total. The number of nitrogens with one attached hydrogen (secondary N) is 1. The number of likely N-dealkylation sites (tertiary alicyclic amines) is 1. The molecular formula is C12H17N3O. The molecule has 1 aromatic heterocycles. The molecule has 0 unspecified atom stereocenters. The minimum atomic E-state index is 0.363. The molecule has 4 nitrogen and oxygen atoms in total. The standard InChI is InChI=1S/C12H17N3O/c16-12(10-1-2-10)15-5-3-9(4-6-15)11-7-13-8-14-11/h7-10H,1-6H2,(H,13,14). The van der Waals surface area contributed by atoms with E-state index >= 15 is 0 Å². The second kappa shape index (κ2) is 3.92. The summed E-state index contributed by atoms with van der Waals surface area (Å²) < 4.78 is 0. The molecule has 86 valence electrons. The average Bonchev–Trinajstić information content (AvgIpc) is 3.04. The summed E-state index contributed by atoms with van der Waals surface area (Å²) in [6, 6.07) is 0. The summed E-state index contributed by atoms with van der Waals surface area (Å²) in [7, 11) is 0. The molecule has 1 saturated carbocycles. The number of piperidine rings is 1. The van der Waals surface area contributed by atoms with E-state index in [-0.39, 0.29) is 0 Å². The van der Waals surface area contributed by atoms with E-state index in [2.05, 4.69) is 9.97 Å². The topological polar surface area (TPSA) is 49.0 Å². The molecule has 1 aliphatic carbocycles. The Morgan fingerprint density at radius 1 is 1.31 bits per heavy atom. The largest absolute Gasteiger partial charge is 0.351 e. The van der Waals surface area contributed by atoms with Crippen molar-refractivity contribution in [3.63, 3.8) is 0 Å². The number of imidazole rings is 1. The van der Waals surface area contributed by atoms with Gasteiger partial charge in [-0.25, -0.2) is 4.98 Å². The van der Waals surface area contributed by atoms with Gasteiger partial charge in [0.25, 0.3) is 0 Å². The van der Waals surface area contributed by atoms with Crippen LogP contribution in [0.3, 0.4) is 0 Å². The highest BCUT2D eigenvalue weighted by Crippen LogP contribution is 2.33. The first-order chi connectivity index (χ1) is 7.84. The molecule has 0 spiro atoms. The smallest absolute Gasteiger partial charge is 0.225 e. The molecule has 1 aliphatic heterocycles. The molecule has 0 atom stereocenters. The fraction of sp³-hybridized carbons (Fsp3) is 0.667. The Balaban J connectivity index is 1.57. The maximum atomic E-state index is 11.9. The summed E-state index contributed by atoms with van der Waals surface area (Å²) in [6.45, 7) is 1.82. The van der Waals surface area contributed by atoms with Crippen molar-refractivity contribution in [2.45, 2.75) is 31.6 Å². The predicted molar refractivity (Wildman–Crippen MR) is 59.9 cm³/mol. The fourth-order valence-electron chi connectivity index (χ4n) is 2.48. The number of rotatable bonds is 2. The van der Waals surface area contributed by atoms with E-state index < -0.39 is 0 Å². The third-order valence-electron chi connectivity index (χ3n) is 3.67. The molecule has 0 aromatic carbocycles. The lowest BCUT2D eigenvalue weighted by Gasteiger charge is -2.31. The van der Waals surface area contributed by atoms with Crippen LogP contribution in [-0.2, 0) is 4.79 Å². The summed E-state index contributed by atoms with van der Waals surface area (Å²) in [5.74, 6) is 1.29. The lowest BCUT2D eigenvalue weighted by molar-refractivity contribution is -0.133. The predicted octanol–water partition coefficient (Wildman–Crippen LogP) is 1.53. The lowest BCUT2D eigenvalue weighted by atomic mass is 9.94. The molecule has 1 aromatic rings. The van der Waals surface area contributed by atoms with E-state index in [1.165, 1.54) is 0 Å². The van der Waals surface area contributed by atoms with Crippen LogP contribution in [0.1, 0.15) is 37.3 Å². The molecule has 1 amide bonds. The van der Waals surface area contributed by atoms with Crippen molar-refractivity contribution in [2.75, 3.05) is 13.1 Å². The Labute approximate surface area is 95.1 Å². The highest BCUT2D eigenvalue weighted by Gasteiger charge is 2.35. The monoisotopic (exact) mass is 219 g/mol. The summed E-state index contributed by atoms with van der Waals surface area (Å²) in [6.07, 6.45) is 8.04. The van der Waals surface area contributed by atoms with Gasteiger partial charge in [0.15, 0.2) is 0 Å². The second-order valence-corrected chi connectivity index (χ2v) is 4.87. The minimum absolute atomic E-state index is 0.363. The van der Waals surface area contributed by atoms with Gasteiger partial charge < -0.3 is 9.88 Å². The molecule has 2 fully saturated rings. The van der Waals surface area contributed by atoms with Gasteiger partial charge in [0.2, 0.25) is 5.91 Å². The second-order valence-electron chi connectivity index (χ2n) is 4.87. The van der Waals surface area contributed by atoms with Gasteiger partial charge in [0, 0.05) is 31.1 Å². The molecule has 0 radical (unpaired) electrons. The van der Waals surface area contributed by atoms with E-state index in [0.29, 0.717) is 17.7 Å². The molecular weight excluding hydrogens is 202 g/mol. The first-order valence-electron chi connectivity index (χ1n) is 6.12. The van der Waals surface area contributed by atoms with Gasteiger partial charge in [0.1, 0.15) is 0 Å². The average molecular weight is 219 g/mol. The van der Waals surface area contributed by atoms with Crippen molar-refractivity contribution < 1.29 is 4.79 Å². The number of aromatic nitrogens is 2. The summed E-state index contributed by atoms with van der Waals surface area (Å²) >= 11 is 0. The van der Waals surface area contributed by atoms with E-state index in [9.17, 15) is 4.79 Å². The fourth-order valence-corrected chi connectivity index (χ4v) is 2.48. The number of nitrogens with zero attached hydrogens (tertiary/aromatic N) is 2. The number of aromatic amines is 1. The first-order valence-corrected chi connectivity index (χ1v) is 6.12. The molecule has 0 bridgehead atoms. The molecule has 1 saturated heterocycles. The van der Waals surface area contributed by atoms with E-state index in [1.54, 1.807) is 6.33 Å². The van der Waals surface area contributed by atoms with Crippen LogP contribution < -0.4 is 0 Å². The number of amides is 1. The van der Waals surface area contributed by atoms with Gasteiger partial charge in [0.05, 0.1) is 12.0 Å². The number of hydrogen-bond donors (Lipinski definition) is 1. The third-order valence-corrected chi connectivity index (χ3v) is 3.67. The lowest BCUT2D eigenvalue weighted by Crippen LogP contribution is -2.38. The summed E-state index contributed by atoms with van der Waals surface area (Å²) in [4.78, 5) is 21.2. The first kappa shape index (κ1) is 9.87. The molecule has 3 rings (SSSR count). The molecule has 16 heavy (non-hydrogen) atoms. The summed E-state index contributed by atoms with van der Waals surface area (Å²) in [5, 5.41) is 0. The highest BCUT2D eigenvalue weighted by atomic mass is 16.2. The molecule has 2 aliphatic rings. The van der Waals surface area contributed by atoms with E-state index in [0.717, 1.165) is 44.5 Å². The Morgan fingerprint density at radius 3 is 2.62 bits per heavy atom. The minimum Gasteiger partial charge on any atom is -0.351 e. The van der Waals surface area contributed by atoms with Crippen LogP contribution >= 0.6 is 0 Å². The van der Waals surface area contributed by atoms with Gasteiger partial charge >= 0.3 is 0 Å². The van der Waals surface area contributed by atoms with Gasteiger partial charge in [-0.2, -0.15) is 0 Å². The van der Waals surface area contributed by atoms with Gasteiger partial charge in [-0.3, -0.25) is 4.79 Å². The highest BCUT2D eigenvalue weighted by molar-refractivity contribution is 5.81. The van der Waals surface area contributed by atoms with Gasteiger partial charge in [-0.1, -0.05) is 0 Å². The number of carbonyl (C=O) groups excluding carboxylic acids is 1. The number of carbonyl (C=O) groups is 1. The van der Waals surface area contributed by atoms with Crippen LogP contribution in [0, 0.1) is 5.92 Å². The Kier molecular flexibility index (Phi) is 2.42. The van der Waals surface area contributed by atoms with Crippen LogP contribution in [0.5, 0.6) is 0 Å². The zero-order valence-electron chi connectivity index (χ0n) is 9.35. The van der Waals surface area contributed by atoms with Crippen LogP contribution in [-0.4, -0.2) is 33.9 Å². The molecule has 2 heterocycles. The normalized spacial score (nSPS) is 22.4. The summed E-state index contributed by atoms with van der Waals surface area (Å²) in [5.41, 5.74) is 1.15.